The number of rotatable bonds is 9. The summed E-state index contributed by atoms with van der Waals surface area (Å²) in [6.45, 7) is 1.10. The maximum Gasteiger partial charge on any atom is 0.425 e. The molecule has 2 heterocycles. The minimum atomic E-state index is -4.69. The molecule has 0 bridgehead atoms. The van der Waals surface area contributed by atoms with Crippen molar-refractivity contribution in [3.8, 4) is 17.3 Å². The van der Waals surface area contributed by atoms with Gasteiger partial charge in [0.15, 0.2) is 11.9 Å². The molecule has 0 aliphatic carbocycles. The Morgan fingerprint density at radius 3 is 2.39 bits per heavy atom. The van der Waals surface area contributed by atoms with Crippen LogP contribution in [0.4, 0.5) is 13.2 Å². The van der Waals surface area contributed by atoms with Gasteiger partial charge in [-0.2, -0.15) is 17.9 Å². The molecule has 0 fully saturated rings. The number of aliphatic hydroxyl groups excluding tert-OH is 3. The molecule has 0 radical (unpaired) electrons. The van der Waals surface area contributed by atoms with E-state index in [4.69, 9.17) is 9.47 Å². The fraction of sp³-hybridized carbons (Fsp3) is 0.450. The van der Waals surface area contributed by atoms with Gasteiger partial charge in [-0.1, -0.05) is 0 Å². The van der Waals surface area contributed by atoms with Crippen LogP contribution >= 0.6 is 0 Å². The van der Waals surface area contributed by atoms with Crippen molar-refractivity contribution in [2.75, 3.05) is 13.2 Å². The predicted molar refractivity (Wildman–Crippen MR) is 109 cm³/mol. The lowest BCUT2D eigenvalue weighted by Crippen LogP contribution is -2.31. The molecular weight excluding hydrogens is 449 g/mol. The molecule has 0 unspecified atom stereocenters. The van der Waals surface area contributed by atoms with Crippen molar-refractivity contribution >= 4 is 10.8 Å². The number of alkyl halides is 3. The summed E-state index contributed by atoms with van der Waals surface area (Å²) >= 11 is 0. The van der Waals surface area contributed by atoms with Crippen LogP contribution in [-0.4, -0.2) is 66.2 Å². The van der Waals surface area contributed by atoms with E-state index in [0.717, 1.165) is 11.6 Å². The van der Waals surface area contributed by atoms with E-state index in [1.807, 2.05) is 0 Å². The van der Waals surface area contributed by atoms with Crippen molar-refractivity contribution in [1.82, 2.24) is 19.3 Å². The van der Waals surface area contributed by atoms with Crippen molar-refractivity contribution < 1.29 is 38.0 Å². The lowest BCUT2D eigenvalue weighted by atomic mass is 10.1. The highest BCUT2D eigenvalue weighted by molar-refractivity contribution is 5.94. The van der Waals surface area contributed by atoms with Crippen molar-refractivity contribution in [2.45, 2.75) is 45.4 Å². The van der Waals surface area contributed by atoms with Crippen molar-refractivity contribution in [3.63, 3.8) is 0 Å². The summed E-state index contributed by atoms with van der Waals surface area (Å²) in [5.74, 6) is -0.381. The van der Waals surface area contributed by atoms with Crippen LogP contribution in [0.5, 0.6) is 11.6 Å². The van der Waals surface area contributed by atoms with Crippen LogP contribution in [0, 0.1) is 0 Å². The molecule has 0 saturated heterocycles. The molecule has 0 aliphatic rings. The van der Waals surface area contributed by atoms with Crippen molar-refractivity contribution in [3.05, 3.63) is 40.7 Å². The highest BCUT2D eigenvalue weighted by Gasteiger charge is 2.38. The van der Waals surface area contributed by atoms with Crippen LogP contribution in [0.15, 0.2) is 29.2 Å². The Balaban J connectivity index is 2.25. The zero-order valence-electron chi connectivity index (χ0n) is 17.8. The van der Waals surface area contributed by atoms with Gasteiger partial charge in [-0.05, 0) is 31.4 Å². The number of aliphatic hydroxyl groups is 3. The van der Waals surface area contributed by atoms with Gasteiger partial charge in [0.25, 0.3) is 0 Å². The van der Waals surface area contributed by atoms with Gasteiger partial charge in [0.05, 0.1) is 24.3 Å². The predicted octanol–water partition coefficient (Wildman–Crippen LogP) is 1.16. The second kappa shape index (κ2) is 9.77. The number of benzene rings is 1. The van der Waals surface area contributed by atoms with E-state index in [0.29, 0.717) is 5.39 Å². The van der Waals surface area contributed by atoms with Crippen molar-refractivity contribution in [1.29, 1.82) is 0 Å². The largest absolute Gasteiger partial charge is 0.480 e. The quantitative estimate of drug-likeness (QED) is 0.423. The molecule has 0 aliphatic heterocycles. The van der Waals surface area contributed by atoms with E-state index < -0.39 is 43.9 Å². The number of fused-ring (bicyclic) bond motifs is 1. The van der Waals surface area contributed by atoms with Crippen LogP contribution in [0.3, 0.4) is 0 Å². The normalized spacial score (nSPS) is 13.0. The van der Waals surface area contributed by atoms with Gasteiger partial charge in [-0.15, -0.1) is 5.10 Å². The summed E-state index contributed by atoms with van der Waals surface area (Å²) in [6.07, 6.45) is -6.65. The van der Waals surface area contributed by atoms with Gasteiger partial charge >= 0.3 is 11.9 Å². The first kappa shape index (κ1) is 24.5. The zero-order valence-corrected chi connectivity index (χ0v) is 17.8. The molecule has 10 nitrogen and oxygen atoms in total. The summed E-state index contributed by atoms with van der Waals surface area (Å²) in [6, 6.07) is 4.12. The second-order valence-corrected chi connectivity index (χ2v) is 7.08. The van der Waals surface area contributed by atoms with E-state index in [1.54, 1.807) is 6.92 Å². The molecule has 1 aromatic carbocycles. The smallest absolute Gasteiger partial charge is 0.425 e. The Kier molecular flexibility index (Phi) is 7.25. The Labute approximate surface area is 185 Å². The van der Waals surface area contributed by atoms with E-state index >= 15 is 0 Å². The molecule has 0 amide bonds. The Morgan fingerprint density at radius 2 is 1.85 bits per heavy atom. The Hall–Kier alpha value is -3.16. The third kappa shape index (κ3) is 4.94. The van der Waals surface area contributed by atoms with Crippen LogP contribution in [0.2, 0.25) is 0 Å². The van der Waals surface area contributed by atoms with Gasteiger partial charge in [0.1, 0.15) is 18.5 Å². The van der Waals surface area contributed by atoms with Crippen LogP contribution in [0.1, 0.15) is 19.7 Å². The molecule has 33 heavy (non-hydrogen) atoms. The number of pyridine rings is 1. The Morgan fingerprint density at radius 1 is 1.15 bits per heavy atom. The molecule has 3 rings (SSSR count). The van der Waals surface area contributed by atoms with E-state index in [2.05, 4.69) is 10.1 Å². The number of halogens is 3. The third-order valence-corrected chi connectivity index (χ3v) is 4.87. The monoisotopic (exact) mass is 472 g/mol. The van der Waals surface area contributed by atoms with Gasteiger partial charge in [0.2, 0.25) is 5.88 Å². The highest BCUT2D eigenvalue weighted by atomic mass is 19.4. The number of nitrogens with zero attached hydrogens (tertiary/aromatic N) is 4. The van der Waals surface area contributed by atoms with E-state index in [1.165, 1.54) is 29.0 Å². The zero-order chi connectivity index (χ0) is 24.3. The van der Waals surface area contributed by atoms with Gasteiger partial charge in [-0.3, -0.25) is 4.57 Å². The fourth-order valence-electron chi connectivity index (χ4n) is 3.12. The van der Waals surface area contributed by atoms with Crippen LogP contribution in [0.25, 0.3) is 16.5 Å². The second-order valence-electron chi connectivity index (χ2n) is 7.08. The molecule has 180 valence electrons. The fourth-order valence-corrected chi connectivity index (χ4v) is 3.12. The van der Waals surface area contributed by atoms with E-state index in [9.17, 15) is 33.3 Å². The molecule has 0 spiro atoms. The first-order chi connectivity index (χ1) is 15.6. The molecule has 0 saturated carbocycles. The molecule has 3 N–H and O–H groups in total. The number of ether oxygens (including phenoxy) is 2. The first-order valence-corrected chi connectivity index (χ1v) is 9.99. The average Bonchev–Trinajstić information content (AvgIpc) is 3.11. The molecular formula is C20H23F3N4O6. The summed E-state index contributed by atoms with van der Waals surface area (Å²) in [5, 5.41) is 32.5. The van der Waals surface area contributed by atoms with Crippen LogP contribution in [-0.2, 0) is 13.2 Å². The van der Waals surface area contributed by atoms with Gasteiger partial charge < -0.3 is 24.8 Å². The lowest BCUT2D eigenvalue weighted by molar-refractivity contribution is -0.189. The van der Waals surface area contributed by atoms with Gasteiger partial charge in [-0.25, -0.2) is 9.78 Å². The summed E-state index contributed by atoms with van der Waals surface area (Å²) in [7, 11) is 0. The van der Waals surface area contributed by atoms with Crippen LogP contribution < -0.4 is 15.2 Å². The molecule has 1 atom stereocenters. The van der Waals surface area contributed by atoms with Crippen molar-refractivity contribution in [2.24, 2.45) is 0 Å². The number of hydrogen-bond donors (Lipinski definition) is 3. The minimum absolute atomic E-state index is 0.0506. The third-order valence-electron chi connectivity index (χ3n) is 4.87. The number of hydrogen-bond acceptors (Lipinski definition) is 8. The lowest BCUT2D eigenvalue weighted by Gasteiger charge is -2.21. The van der Waals surface area contributed by atoms with Gasteiger partial charge in [0, 0.05) is 18.8 Å². The molecule has 3 aromatic rings. The summed E-state index contributed by atoms with van der Waals surface area (Å²) < 4.78 is 52.6. The average molecular weight is 472 g/mol. The minimum Gasteiger partial charge on any atom is -0.480 e. The topological polar surface area (TPSA) is 132 Å². The standard InChI is InChI=1S/C20H23F3N4O6/c1-3-26-16(10-30)25-27(19(26)31)13-6-12-4-5-24-18(33-14(8-28)9-29)17(12)15(7-13)32-11(2)20(21,22)23/h4-7,11,14,28-30H,3,8-10H2,1-2H3/t11-/m0/s1. The summed E-state index contributed by atoms with van der Waals surface area (Å²) in [4.78, 5) is 16.7. The molecule has 13 heteroatoms. The Bertz CT molecular complexity index is 1170. The highest BCUT2D eigenvalue weighted by Crippen LogP contribution is 2.37. The number of aromatic nitrogens is 4. The SMILES string of the molecule is CCn1c(CO)nn(-c2cc(O[C@@H](C)C(F)(F)F)c3c(OC(CO)CO)nccc3c2)c1=O. The first-order valence-electron chi connectivity index (χ1n) is 9.99. The maximum absolute atomic E-state index is 13.3. The summed E-state index contributed by atoms with van der Waals surface area (Å²) in [5.41, 5.74) is -0.501. The maximum atomic E-state index is 13.3. The molecule has 2 aromatic heterocycles. The van der Waals surface area contributed by atoms with E-state index in [-0.39, 0.29) is 35.1 Å².